The van der Waals surface area contributed by atoms with Crippen molar-refractivity contribution >= 4 is 36.1 Å². The first kappa shape index (κ1) is 26.7. The van der Waals surface area contributed by atoms with Gasteiger partial charge in [-0.1, -0.05) is 11.6 Å². The lowest BCUT2D eigenvalue weighted by Crippen LogP contribution is -2.50. The first-order valence-electron chi connectivity index (χ1n) is 11.0. The van der Waals surface area contributed by atoms with E-state index in [0.717, 1.165) is 0 Å². The van der Waals surface area contributed by atoms with Crippen molar-refractivity contribution < 1.29 is 23.1 Å². The molecule has 1 aromatic carbocycles. The Morgan fingerprint density at radius 1 is 1.28 bits per heavy atom. The smallest absolute Gasteiger partial charge is 0.407 e. The molecular weight excluding hydrogens is 493 g/mol. The van der Waals surface area contributed by atoms with Crippen LogP contribution >= 0.6 is 15.9 Å². The van der Waals surface area contributed by atoms with Crippen molar-refractivity contribution in [2.45, 2.75) is 90.3 Å². The largest absolute Gasteiger partial charge is 0.444 e. The van der Waals surface area contributed by atoms with E-state index in [0.29, 0.717) is 35.7 Å². The van der Waals surface area contributed by atoms with Gasteiger partial charge in [-0.25, -0.2) is 9.18 Å². The number of benzene rings is 1. The summed E-state index contributed by atoms with van der Waals surface area (Å²) >= 11 is 3.33. The Bertz CT molecular complexity index is 891. The first-order chi connectivity index (χ1) is 14.6. The van der Waals surface area contributed by atoms with Crippen LogP contribution in [0.15, 0.2) is 34.3 Å². The lowest BCUT2D eigenvalue weighted by atomic mass is 9.79. The molecule has 0 fully saturated rings. The lowest BCUT2D eigenvalue weighted by Gasteiger charge is -2.40. The normalized spacial score (nSPS) is 20.3. The summed E-state index contributed by atoms with van der Waals surface area (Å²) in [4.78, 5) is 25.6. The molecular formula is C24H35BrFNO4Si. The molecule has 1 N–H and O–H groups in total. The summed E-state index contributed by atoms with van der Waals surface area (Å²) in [6, 6.07) is 4.03. The van der Waals surface area contributed by atoms with Gasteiger partial charge in [-0.2, -0.15) is 0 Å². The minimum atomic E-state index is -2.05. The van der Waals surface area contributed by atoms with E-state index >= 15 is 0 Å². The average Bonchev–Trinajstić information content (AvgIpc) is 2.60. The van der Waals surface area contributed by atoms with Crippen LogP contribution in [-0.4, -0.2) is 37.4 Å². The summed E-state index contributed by atoms with van der Waals surface area (Å²) in [5.74, 6) is -0.520. The summed E-state index contributed by atoms with van der Waals surface area (Å²) in [7, 11) is -2.05. The number of amides is 1. The van der Waals surface area contributed by atoms with E-state index in [4.69, 9.17) is 9.16 Å². The van der Waals surface area contributed by atoms with Gasteiger partial charge in [-0.15, -0.1) is 0 Å². The predicted octanol–water partition coefficient (Wildman–Crippen LogP) is 6.77. The number of ketones is 1. The van der Waals surface area contributed by atoms with Crippen molar-refractivity contribution in [1.82, 2.24) is 5.32 Å². The Morgan fingerprint density at radius 2 is 1.94 bits per heavy atom. The fourth-order valence-electron chi connectivity index (χ4n) is 3.86. The average molecular weight is 529 g/mol. The number of nitrogens with one attached hydrogen (secondary N) is 1. The van der Waals surface area contributed by atoms with Gasteiger partial charge in [0.2, 0.25) is 0 Å². The molecule has 178 valence electrons. The van der Waals surface area contributed by atoms with E-state index in [-0.39, 0.29) is 11.8 Å². The Labute approximate surface area is 200 Å². The zero-order chi connectivity index (χ0) is 24.3. The molecule has 2 atom stereocenters. The molecule has 1 unspecified atom stereocenters. The monoisotopic (exact) mass is 527 g/mol. The summed E-state index contributed by atoms with van der Waals surface area (Å²) in [5.41, 5.74) is 0.100. The maximum Gasteiger partial charge on any atom is 0.407 e. The zero-order valence-corrected chi connectivity index (χ0v) is 22.7. The van der Waals surface area contributed by atoms with Gasteiger partial charge in [0.25, 0.3) is 0 Å². The zero-order valence-electron chi connectivity index (χ0n) is 20.1. The maximum atomic E-state index is 13.6. The van der Waals surface area contributed by atoms with Gasteiger partial charge in [0, 0.05) is 22.5 Å². The van der Waals surface area contributed by atoms with Crippen LogP contribution in [0.4, 0.5) is 9.18 Å². The van der Waals surface area contributed by atoms with Gasteiger partial charge < -0.3 is 14.5 Å². The van der Waals surface area contributed by atoms with Crippen LogP contribution in [0.2, 0.25) is 19.6 Å². The van der Waals surface area contributed by atoms with Crippen LogP contribution < -0.4 is 5.32 Å². The molecule has 0 saturated heterocycles. The third kappa shape index (κ3) is 7.81. The lowest BCUT2D eigenvalue weighted by molar-refractivity contribution is 0.0358. The number of ether oxygens (including phenoxy) is 1. The molecule has 0 aromatic heterocycles. The van der Waals surface area contributed by atoms with Gasteiger partial charge in [-0.05, 0) is 101 Å². The highest BCUT2D eigenvalue weighted by Gasteiger charge is 2.44. The quantitative estimate of drug-likeness (QED) is 0.241. The van der Waals surface area contributed by atoms with Crippen LogP contribution in [0.3, 0.4) is 0 Å². The molecule has 1 aliphatic rings. The van der Waals surface area contributed by atoms with Crippen molar-refractivity contribution in [3.63, 3.8) is 0 Å². The number of Topliss-reactive ketones (excluding diaryl/α,β-unsaturated/α-hetero) is 1. The Hall–Kier alpha value is -1.51. The summed E-state index contributed by atoms with van der Waals surface area (Å²) in [6.45, 7) is 13.6. The fourth-order valence-corrected chi connectivity index (χ4v) is 5.85. The molecule has 0 saturated carbocycles. The van der Waals surface area contributed by atoms with Gasteiger partial charge >= 0.3 is 6.09 Å². The standard InChI is InChI=1S/C24H35BrFNO4Si/c1-16(27-22(29)30-23(2,3)4)14-17-10-12-24(13-11-17,31-32(5,6)7)21(28)19-9-8-18(26)15-20(19)25/h8-10,15-16H,11-14H2,1-7H3,(H,27,29)/t16-,24?/m0/s1. The minimum Gasteiger partial charge on any atom is -0.444 e. The number of halogens is 2. The molecule has 32 heavy (non-hydrogen) atoms. The Balaban J connectivity index is 2.17. The number of rotatable bonds is 7. The van der Waals surface area contributed by atoms with Gasteiger partial charge in [0.05, 0.1) is 0 Å². The van der Waals surface area contributed by atoms with Crippen molar-refractivity contribution in [2.24, 2.45) is 0 Å². The summed E-state index contributed by atoms with van der Waals surface area (Å²) < 4.78 is 25.8. The molecule has 8 heteroatoms. The van der Waals surface area contributed by atoms with Gasteiger partial charge in [0.15, 0.2) is 14.1 Å². The van der Waals surface area contributed by atoms with E-state index in [2.05, 4.69) is 47.0 Å². The first-order valence-corrected chi connectivity index (χ1v) is 15.2. The second-order valence-corrected chi connectivity index (χ2v) is 15.8. The highest BCUT2D eigenvalue weighted by Crippen LogP contribution is 2.39. The fraction of sp³-hybridized carbons (Fsp3) is 0.583. The highest BCUT2D eigenvalue weighted by molar-refractivity contribution is 9.10. The molecule has 1 amide bonds. The Kier molecular flexibility index (Phi) is 8.50. The van der Waals surface area contributed by atoms with Crippen molar-refractivity contribution in [3.8, 4) is 0 Å². The molecule has 0 aliphatic heterocycles. The number of hydrogen-bond donors (Lipinski definition) is 1. The number of hydrogen-bond acceptors (Lipinski definition) is 4. The molecule has 0 bridgehead atoms. The molecule has 0 spiro atoms. The predicted molar refractivity (Wildman–Crippen MR) is 131 cm³/mol. The van der Waals surface area contributed by atoms with Crippen LogP contribution in [0, 0.1) is 5.82 Å². The second-order valence-electron chi connectivity index (χ2n) is 10.5. The molecule has 0 heterocycles. The molecule has 1 aromatic rings. The third-order valence-electron chi connectivity index (χ3n) is 4.99. The topological polar surface area (TPSA) is 64.6 Å². The summed E-state index contributed by atoms with van der Waals surface area (Å²) in [6.07, 6.45) is 3.99. The Morgan fingerprint density at radius 3 is 2.44 bits per heavy atom. The van der Waals surface area contributed by atoms with Crippen LogP contribution in [0.1, 0.15) is 63.7 Å². The van der Waals surface area contributed by atoms with E-state index in [1.807, 2.05) is 27.7 Å². The minimum absolute atomic E-state index is 0.0940. The van der Waals surface area contributed by atoms with E-state index in [9.17, 15) is 14.0 Å². The molecule has 0 radical (unpaired) electrons. The number of carbonyl (C=O) groups is 2. The van der Waals surface area contributed by atoms with E-state index in [1.54, 1.807) is 0 Å². The van der Waals surface area contributed by atoms with Crippen LogP contribution in [-0.2, 0) is 9.16 Å². The van der Waals surface area contributed by atoms with Gasteiger partial charge in [-0.3, -0.25) is 4.79 Å². The maximum absolute atomic E-state index is 13.6. The second kappa shape index (κ2) is 10.2. The van der Waals surface area contributed by atoms with Crippen molar-refractivity contribution in [1.29, 1.82) is 0 Å². The SMILES string of the molecule is C[C@@H](CC1=CCC(O[Si](C)(C)C)(C(=O)c2ccc(F)cc2Br)CC1)NC(=O)OC(C)(C)C. The van der Waals surface area contributed by atoms with Crippen molar-refractivity contribution in [3.05, 3.63) is 45.7 Å². The van der Waals surface area contributed by atoms with Gasteiger partial charge in [0.1, 0.15) is 17.0 Å². The summed E-state index contributed by atoms with van der Waals surface area (Å²) in [5, 5.41) is 2.87. The van der Waals surface area contributed by atoms with Crippen molar-refractivity contribution in [2.75, 3.05) is 0 Å². The molecule has 1 aliphatic carbocycles. The number of alkyl carbamates (subject to hydrolysis) is 1. The number of carbonyl (C=O) groups excluding carboxylic acids is 2. The molecule has 2 rings (SSSR count). The van der Waals surface area contributed by atoms with E-state index in [1.165, 1.54) is 23.8 Å². The van der Waals surface area contributed by atoms with E-state index < -0.39 is 31.4 Å². The van der Waals surface area contributed by atoms with Crippen LogP contribution in [0.5, 0.6) is 0 Å². The van der Waals surface area contributed by atoms with Crippen LogP contribution in [0.25, 0.3) is 0 Å². The third-order valence-corrected chi connectivity index (χ3v) is 6.65. The molecule has 5 nitrogen and oxygen atoms in total. The highest BCUT2D eigenvalue weighted by atomic mass is 79.9.